The third-order valence-electron chi connectivity index (χ3n) is 9.05. The first-order chi connectivity index (χ1) is 27.8. The highest BCUT2D eigenvalue weighted by atomic mass is 32.3. The monoisotopic (exact) mass is 820 g/mol. The number of hydroxylamine groups is 4. The van der Waals surface area contributed by atoms with Gasteiger partial charge in [-0.2, -0.15) is 16.8 Å². The largest absolute Gasteiger partial charge is 0.471 e. The van der Waals surface area contributed by atoms with Crippen LogP contribution in [0.1, 0.15) is 105 Å². The second-order valence-corrected chi connectivity index (χ2v) is 15.3. The highest BCUT2D eigenvalue weighted by Crippen LogP contribution is 2.35. The van der Waals surface area contributed by atoms with Gasteiger partial charge in [-0.05, 0) is 84.3 Å². The molecule has 7 rings (SSSR count). The molecular weight excluding hydrogens is 789 g/mol. The van der Waals surface area contributed by atoms with Crippen LogP contribution in [0.5, 0.6) is 11.5 Å². The quantitative estimate of drug-likeness (QED) is 0.0733. The summed E-state index contributed by atoms with van der Waals surface area (Å²) in [6.45, 7) is 4.09. The maximum absolute atomic E-state index is 13.4. The second-order valence-electron chi connectivity index (χ2n) is 13.0. The minimum atomic E-state index is -5.14. The smallest absolute Gasteiger partial charge is 0.360 e. The van der Waals surface area contributed by atoms with Gasteiger partial charge in [-0.1, -0.05) is 74.6 Å². The summed E-state index contributed by atoms with van der Waals surface area (Å²) >= 11 is 0. The molecule has 294 valence electrons. The lowest BCUT2D eigenvalue weighted by Gasteiger charge is -2.25. The van der Waals surface area contributed by atoms with Gasteiger partial charge >= 0.3 is 20.8 Å². The van der Waals surface area contributed by atoms with E-state index < -0.39 is 55.9 Å². The fourth-order valence-electron chi connectivity index (χ4n) is 6.35. The maximum atomic E-state index is 13.4. The molecule has 0 fully saturated rings. The van der Waals surface area contributed by atoms with E-state index in [1.54, 1.807) is 36.4 Å². The molecule has 0 aliphatic carbocycles. The Morgan fingerprint density at radius 1 is 0.500 bits per heavy atom. The van der Waals surface area contributed by atoms with Gasteiger partial charge in [-0.15, -0.1) is 18.7 Å². The SMILES string of the molecule is CCCCC#Cc1ccc2c3c(cccc13)C(=O)N(OS(=O)(=O)Oc1ccc(OS(=O)(=O)ON3C(=O)c4cccc5c(C#CCCCC)ccc(c45)C3=O)cc1)C2=O. The Hall–Kier alpha value is -6.56. The molecular formula is C42H32N2O12S2. The second kappa shape index (κ2) is 16.1. The van der Waals surface area contributed by atoms with E-state index in [2.05, 4.69) is 23.7 Å². The Balaban J connectivity index is 1.02. The maximum Gasteiger partial charge on any atom is 0.471 e. The summed E-state index contributed by atoms with van der Waals surface area (Å²) in [6, 6.07) is 19.4. The van der Waals surface area contributed by atoms with Gasteiger partial charge in [0, 0.05) is 34.7 Å². The molecule has 5 aromatic rings. The number of imide groups is 2. The van der Waals surface area contributed by atoms with Crippen LogP contribution in [0.3, 0.4) is 0 Å². The number of hydrogen-bond acceptors (Lipinski definition) is 12. The van der Waals surface area contributed by atoms with Crippen molar-refractivity contribution < 1.29 is 52.9 Å². The minimum absolute atomic E-state index is 0.0100. The molecule has 2 aliphatic heterocycles. The fourth-order valence-corrected chi connectivity index (χ4v) is 7.74. The molecule has 0 N–H and O–H groups in total. The van der Waals surface area contributed by atoms with E-state index in [9.17, 15) is 36.0 Å². The van der Waals surface area contributed by atoms with Crippen molar-refractivity contribution in [1.82, 2.24) is 10.1 Å². The van der Waals surface area contributed by atoms with Gasteiger partial charge in [-0.3, -0.25) is 19.2 Å². The zero-order valence-electron chi connectivity index (χ0n) is 30.9. The molecule has 4 amide bonds. The van der Waals surface area contributed by atoms with E-state index in [0.717, 1.165) is 49.9 Å². The van der Waals surface area contributed by atoms with E-state index in [4.69, 9.17) is 16.9 Å². The van der Waals surface area contributed by atoms with E-state index in [-0.39, 0.29) is 32.4 Å². The standard InChI is InChI=1S/C42H32N2O12S2/c1-3-5-7-9-13-27-19-25-35-37-31(27)15-11-17-33(37)39(45)43(41(35)47)55-57(49,50)53-29-21-23-30(24-22-29)54-58(51,52)56-44-40(46)34-18-12-16-32-28(14-10-8-6-4-2)20-26-36(38(32)34)42(44)48/h11-12,15-26H,3-8H2,1-2H3. The van der Waals surface area contributed by atoms with Gasteiger partial charge < -0.3 is 8.37 Å². The molecule has 0 bridgehead atoms. The van der Waals surface area contributed by atoms with Crippen molar-refractivity contribution in [3.8, 4) is 35.2 Å². The molecule has 0 saturated heterocycles. The molecule has 2 aliphatic rings. The van der Waals surface area contributed by atoms with Crippen LogP contribution in [-0.4, -0.2) is 50.6 Å². The number of carbonyl (C=O) groups excluding carboxylic acids is 4. The van der Waals surface area contributed by atoms with E-state index in [1.807, 2.05) is 13.8 Å². The molecule has 0 saturated carbocycles. The fraction of sp³-hybridized carbons (Fsp3) is 0.190. The van der Waals surface area contributed by atoms with Crippen LogP contribution in [0, 0.1) is 23.7 Å². The van der Waals surface area contributed by atoms with Crippen LogP contribution in [-0.2, 0) is 29.4 Å². The molecule has 14 nitrogen and oxygen atoms in total. The summed E-state index contributed by atoms with van der Waals surface area (Å²) in [4.78, 5) is 53.5. The number of unbranched alkanes of at least 4 members (excludes halogenated alkanes) is 4. The summed E-state index contributed by atoms with van der Waals surface area (Å²) < 4.78 is 71.3. The molecule has 58 heavy (non-hydrogen) atoms. The van der Waals surface area contributed by atoms with Gasteiger partial charge in [0.2, 0.25) is 0 Å². The topological polar surface area (TPSA) is 180 Å². The third kappa shape index (κ3) is 7.87. The average Bonchev–Trinajstić information content (AvgIpc) is 3.20. The van der Waals surface area contributed by atoms with Crippen molar-refractivity contribution in [3.05, 3.63) is 118 Å². The molecule has 2 heterocycles. The third-order valence-corrected chi connectivity index (χ3v) is 10.5. The van der Waals surface area contributed by atoms with Crippen LogP contribution in [0.4, 0.5) is 0 Å². The zero-order valence-corrected chi connectivity index (χ0v) is 32.6. The van der Waals surface area contributed by atoms with Crippen molar-refractivity contribution in [1.29, 1.82) is 0 Å². The van der Waals surface area contributed by atoms with Gasteiger partial charge in [0.05, 0.1) is 22.3 Å². The normalized spacial score (nSPS) is 13.6. The van der Waals surface area contributed by atoms with Gasteiger partial charge in [0.1, 0.15) is 11.5 Å². The number of benzene rings is 5. The predicted octanol–water partition coefficient (Wildman–Crippen LogP) is 6.78. The first-order valence-corrected chi connectivity index (χ1v) is 20.7. The van der Waals surface area contributed by atoms with Gasteiger partial charge in [0.25, 0.3) is 23.6 Å². The van der Waals surface area contributed by atoms with Crippen molar-refractivity contribution in [2.75, 3.05) is 0 Å². The Morgan fingerprint density at radius 3 is 1.22 bits per heavy atom. The highest BCUT2D eigenvalue weighted by Gasteiger charge is 2.40. The first-order valence-electron chi connectivity index (χ1n) is 18.1. The van der Waals surface area contributed by atoms with E-state index in [0.29, 0.717) is 45.5 Å². The number of hydrogen-bond donors (Lipinski definition) is 0. The molecule has 0 atom stereocenters. The lowest BCUT2D eigenvalue weighted by Crippen LogP contribution is -2.42. The Bertz CT molecular complexity index is 2660. The summed E-state index contributed by atoms with van der Waals surface area (Å²) in [7, 11) is -10.3. The molecule has 0 aromatic heterocycles. The highest BCUT2D eigenvalue weighted by molar-refractivity contribution is 7.82. The van der Waals surface area contributed by atoms with Crippen LogP contribution in [0.15, 0.2) is 84.9 Å². The summed E-state index contributed by atoms with van der Waals surface area (Å²) in [5, 5.41) is 1.85. The number of nitrogens with zero attached hydrogens (tertiary/aromatic N) is 2. The van der Waals surface area contributed by atoms with Crippen LogP contribution < -0.4 is 8.37 Å². The van der Waals surface area contributed by atoms with E-state index in [1.165, 1.54) is 24.3 Å². The predicted molar refractivity (Wildman–Crippen MR) is 209 cm³/mol. The van der Waals surface area contributed by atoms with Crippen molar-refractivity contribution in [2.45, 2.75) is 52.4 Å². The molecule has 0 spiro atoms. The van der Waals surface area contributed by atoms with Crippen LogP contribution >= 0.6 is 0 Å². The molecule has 5 aromatic carbocycles. The zero-order chi connectivity index (χ0) is 41.2. The summed E-state index contributed by atoms with van der Waals surface area (Å²) in [5.74, 6) is 7.22. The van der Waals surface area contributed by atoms with Crippen molar-refractivity contribution in [2.24, 2.45) is 0 Å². The van der Waals surface area contributed by atoms with Gasteiger partial charge in [0.15, 0.2) is 0 Å². The number of carbonyl (C=O) groups is 4. The lowest BCUT2D eigenvalue weighted by molar-refractivity contribution is -0.0212. The number of amides is 4. The summed E-state index contributed by atoms with van der Waals surface area (Å²) in [6.07, 6.45) is 5.13. The lowest BCUT2D eigenvalue weighted by atomic mass is 9.92. The first kappa shape index (κ1) is 39.7. The Labute approximate surface area is 333 Å². The summed E-state index contributed by atoms with van der Waals surface area (Å²) in [5.41, 5.74) is 1.24. The molecule has 0 radical (unpaired) electrons. The van der Waals surface area contributed by atoms with Gasteiger partial charge in [-0.25, -0.2) is 0 Å². The van der Waals surface area contributed by atoms with Crippen LogP contribution in [0.25, 0.3) is 21.5 Å². The molecule has 16 heteroatoms. The van der Waals surface area contributed by atoms with E-state index >= 15 is 0 Å². The minimum Gasteiger partial charge on any atom is -0.360 e. The average molecular weight is 821 g/mol. The van der Waals surface area contributed by atoms with Crippen molar-refractivity contribution in [3.63, 3.8) is 0 Å². The Kier molecular flexibility index (Phi) is 11.0. The van der Waals surface area contributed by atoms with Crippen molar-refractivity contribution >= 4 is 66.0 Å². The Morgan fingerprint density at radius 2 is 0.862 bits per heavy atom. The molecule has 0 unspecified atom stereocenters. The number of rotatable bonds is 12. The van der Waals surface area contributed by atoms with Crippen LogP contribution in [0.2, 0.25) is 0 Å².